The average Bonchev–Trinajstić information content (AvgIpc) is 2.58. The molecule has 0 aliphatic rings. The van der Waals surface area contributed by atoms with Crippen LogP contribution in [0.4, 0.5) is 0 Å². The van der Waals surface area contributed by atoms with E-state index in [1.807, 2.05) is 24.0 Å². The van der Waals surface area contributed by atoms with Gasteiger partial charge in [0.25, 0.3) is 0 Å². The molecule has 1 rings (SSSR count). The van der Waals surface area contributed by atoms with Gasteiger partial charge in [-0.3, -0.25) is 4.68 Å². The lowest BCUT2D eigenvalue weighted by Crippen LogP contribution is -2.15. The highest BCUT2D eigenvalue weighted by Crippen LogP contribution is 1.93. The molecule has 80 valence electrons. The predicted molar refractivity (Wildman–Crippen MR) is 56.0 cm³/mol. The van der Waals surface area contributed by atoms with E-state index < -0.39 is 0 Å². The summed E-state index contributed by atoms with van der Waals surface area (Å²) < 4.78 is 6.79. The van der Waals surface area contributed by atoms with Crippen LogP contribution in [-0.4, -0.2) is 30.0 Å². The fraction of sp³-hybridized carbons (Fsp3) is 0.700. The van der Waals surface area contributed by atoms with Crippen LogP contribution in [0.1, 0.15) is 18.5 Å². The Balaban J connectivity index is 1.99. The summed E-state index contributed by atoms with van der Waals surface area (Å²) in [4.78, 5) is 0. The van der Waals surface area contributed by atoms with Gasteiger partial charge in [-0.2, -0.15) is 5.10 Å². The molecule has 0 amide bonds. The van der Waals surface area contributed by atoms with Crippen molar-refractivity contribution in [1.82, 2.24) is 15.1 Å². The van der Waals surface area contributed by atoms with Crippen LogP contribution in [-0.2, 0) is 18.3 Å². The molecule has 0 saturated heterocycles. The van der Waals surface area contributed by atoms with Crippen LogP contribution >= 0.6 is 0 Å². The molecule has 1 N–H and O–H groups in total. The second-order valence-electron chi connectivity index (χ2n) is 3.36. The molecule has 1 aromatic heterocycles. The summed E-state index contributed by atoms with van der Waals surface area (Å²) >= 11 is 0. The standard InChI is InChI=1S/C10H19N3O/c1-13-7-5-10(12-13)9-11-6-3-4-8-14-2/h5,7,11H,3-4,6,8-9H2,1-2H3. The maximum Gasteiger partial charge on any atom is 0.0762 e. The van der Waals surface area contributed by atoms with Gasteiger partial charge in [0.05, 0.1) is 5.69 Å². The van der Waals surface area contributed by atoms with Crippen molar-refractivity contribution in [1.29, 1.82) is 0 Å². The molecule has 4 heteroatoms. The first-order chi connectivity index (χ1) is 6.83. The molecule has 0 bridgehead atoms. The van der Waals surface area contributed by atoms with Crippen molar-refractivity contribution in [3.05, 3.63) is 18.0 Å². The van der Waals surface area contributed by atoms with E-state index in [2.05, 4.69) is 10.4 Å². The SMILES string of the molecule is COCCCCNCc1ccn(C)n1. The first-order valence-electron chi connectivity index (χ1n) is 5.01. The number of aryl methyl sites for hydroxylation is 1. The lowest BCUT2D eigenvalue weighted by Gasteiger charge is -2.01. The number of hydrogen-bond acceptors (Lipinski definition) is 3. The largest absolute Gasteiger partial charge is 0.385 e. The highest BCUT2D eigenvalue weighted by molar-refractivity contribution is 4.97. The summed E-state index contributed by atoms with van der Waals surface area (Å²) in [5.41, 5.74) is 1.10. The van der Waals surface area contributed by atoms with Crippen LogP contribution in [0.25, 0.3) is 0 Å². The third kappa shape index (κ3) is 4.39. The van der Waals surface area contributed by atoms with Crippen molar-refractivity contribution < 1.29 is 4.74 Å². The second-order valence-corrected chi connectivity index (χ2v) is 3.36. The fourth-order valence-corrected chi connectivity index (χ4v) is 1.27. The molecule has 0 spiro atoms. The first-order valence-corrected chi connectivity index (χ1v) is 5.01. The summed E-state index contributed by atoms with van der Waals surface area (Å²) in [6.07, 6.45) is 4.23. The van der Waals surface area contributed by atoms with Gasteiger partial charge < -0.3 is 10.1 Å². The molecule has 0 aromatic carbocycles. The summed E-state index contributed by atoms with van der Waals surface area (Å²) in [6.45, 7) is 2.74. The number of aromatic nitrogens is 2. The average molecular weight is 197 g/mol. The molecule has 0 saturated carbocycles. The molecular weight excluding hydrogens is 178 g/mol. The zero-order chi connectivity index (χ0) is 10.2. The molecule has 0 aliphatic heterocycles. The topological polar surface area (TPSA) is 39.1 Å². The van der Waals surface area contributed by atoms with Gasteiger partial charge in [0.15, 0.2) is 0 Å². The Bertz CT molecular complexity index is 247. The minimum absolute atomic E-state index is 0.852. The van der Waals surface area contributed by atoms with E-state index in [-0.39, 0.29) is 0 Å². The number of hydrogen-bond donors (Lipinski definition) is 1. The Morgan fingerprint density at radius 1 is 1.50 bits per heavy atom. The fourth-order valence-electron chi connectivity index (χ4n) is 1.27. The Kier molecular flexibility index (Phi) is 5.25. The minimum Gasteiger partial charge on any atom is -0.385 e. The van der Waals surface area contributed by atoms with Gasteiger partial charge in [-0.1, -0.05) is 0 Å². The van der Waals surface area contributed by atoms with Crippen LogP contribution in [0.2, 0.25) is 0 Å². The van der Waals surface area contributed by atoms with Gasteiger partial charge in [-0.25, -0.2) is 0 Å². The zero-order valence-electron chi connectivity index (χ0n) is 8.99. The lowest BCUT2D eigenvalue weighted by molar-refractivity contribution is 0.192. The Labute approximate surface area is 85.3 Å². The molecule has 0 unspecified atom stereocenters. The number of ether oxygens (including phenoxy) is 1. The van der Waals surface area contributed by atoms with E-state index in [0.29, 0.717) is 0 Å². The van der Waals surface area contributed by atoms with E-state index in [1.165, 1.54) is 0 Å². The summed E-state index contributed by atoms with van der Waals surface area (Å²) in [6, 6.07) is 2.03. The lowest BCUT2D eigenvalue weighted by atomic mass is 10.3. The van der Waals surface area contributed by atoms with E-state index in [9.17, 15) is 0 Å². The number of nitrogens with one attached hydrogen (secondary N) is 1. The molecular formula is C10H19N3O. The monoisotopic (exact) mass is 197 g/mol. The molecule has 1 heterocycles. The first kappa shape index (κ1) is 11.2. The van der Waals surface area contributed by atoms with Gasteiger partial charge in [-0.15, -0.1) is 0 Å². The van der Waals surface area contributed by atoms with Crippen molar-refractivity contribution in [2.75, 3.05) is 20.3 Å². The van der Waals surface area contributed by atoms with Crippen molar-refractivity contribution >= 4 is 0 Å². The maximum absolute atomic E-state index is 4.97. The second kappa shape index (κ2) is 6.56. The van der Waals surface area contributed by atoms with Crippen LogP contribution in [0.3, 0.4) is 0 Å². The van der Waals surface area contributed by atoms with Crippen molar-refractivity contribution in [2.24, 2.45) is 7.05 Å². The van der Waals surface area contributed by atoms with Crippen LogP contribution in [0.5, 0.6) is 0 Å². The van der Waals surface area contributed by atoms with E-state index in [0.717, 1.165) is 38.2 Å². The molecule has 1 aromatic rings. The van der Waals surface area contributed by atoms with Crippen LogP contribution in [0, 0.1) is 0 Å². The van der Waals surface area contributed by atoms with E-state index in [4.69, 9.17) is 4.74 Å². The third-order valence-corrected chi connectivity index (χ3v) is 2.03. The summed E-state index contributed by atoms with van der Waals surface area (Å²) in [5.74, 6) is 0. The Morgan fingerprint density at radius 2 is 2.36 bits per heavy atom. The molecule has 0 fully saturated rings. The molecule has 0 aliphatic carbocycles. The van der Waals surface area contributed by atoms with Gasteiger partial charge in [-0.05, 0) is 25.5 Å². The van der Waals surface area contributed by atoms with Gasteiger partial charge in [0, 0.05) is 33.5 Å². The Hall–Kier alpha value is -0.870. The van der Waals surface area contributed by atoms with E-state index >= 15 is 0 Å². The van der Waals surface area contributed by atoms with Crippen molar-refractivity contribution in [3.8, 4) is 0 Å². The third-order valence-electron chi connectivity index (χ3n) is 2.03. The Morgan fingerprint density at radius 3 is 3.00 bits per heavy atom. The normalized spacial score (nSPS) is 10.7. The molecule has 4 nitrogen and oxygen atoms in total. The van der Waals surface area contributed by atoms with Gasteiger partial charge in [0.2, 0.25) is 0 Å². The summed E-state index contributed by atoms with van der Waals surface area (Å²) in [5, 5.41) is 7.62. The van der Waals surface area contributed by atoms with Crippen LogP contribution < -0.4 is 5.32 Å². The number of nitrogens with zero attached hydrogens (tertiary/aromatic N) is 2. The predicted octanol–water partition coefficient (Wildman–Crippen LogP) is 0.936. The minimum atomic E-state index is 0.852. The number of unbranched alkanes of at least 4 members (excludes halogenated alkanes) is 1. The smallest absolute Gasteiger partial charge is 0.0762 e. The van der Waals surface area contributed by atoms with Crippen LogP contribution in [0.15, 0.2) is 12.3 Å². The number of rotatable bonds is 7. The molecule has 0 radical (unpaired) electrons. The maximum atomic E-state index is 4.97. The van der Waals surface area contributed by atoms with E-state index in [1.54, 1.807) is 7.11 Å². The zero-order valence-corrected chi connectivity index (χ0v) is 8.99. The van der Waals surface area contributed by atoms with Gasteiger partial charge >= 0.3 is 0 Å². The summed E-state index contributed by atoms with van der Waals surface area (Å²) in [7, 11) is 3.67. The number of methoxy groups -OCH3 is 1. The highest BCUT2D eigenvalue weighted by Gasteiger charge is 1.95. The molecule has 0 atom stereocenters. The van der Waals surface area contributed by atoms with Crippen molar-refractivity contribution in [2.45, 2.75) is 19.4 Å². The van der Waals surface area contributed by atoms with Gasteiger partial charge in [0.1, 0.15) is 0 Å². The highest BCUT2D eigenvalue weighted by atomic mass is 16.5. The van der Waals surface area contributed by atoms with Crippen molar-refractivity contribution in [3.63, 3.8) is 0 Å². The molecule has 14 heavy (non-hydrogen) atoms. The quantitative estimate of drug-likeness (QED) is 0.661.